The molecule has 1 heterocycles. The SMILES string of the molecule is C[C@H](N)C(=O)N1CC2(C)CC1CC(C)(C)C2. The lowest BCUT2D eigenvalue weighted by Crippen LogP contribution is -2.45. The normalized spacial score (nSPS) is 38.6. The molecule has 16 heavy (non-hydrogen) atoms. The molecule has 92 valence electrons. The van der Waals surface area contributed by atoms with E-state index in [1.165, 1.54) is 6.42 Å². The second-order valence-corrected chi connectivity index (χ2v) is 6.97. The van der Waals surface area contributed by atoms with Crippen LogP contribution in [0.4, 0.5) is 0 Å². The van der Waals surface area contributed by atoms with Crippen molar-refractivity contribution >= 4 is 5.91 Å². The topological polar surface area (TPSA) is 46.3 Å². The average Bonchev–Trinajstić information content (AvgIpc) is 2.33. The first-order chi connectivity index (χ1) is 7.22. The second-order valence-electron chi connectivity index (χ2n) is 6.97. The van der Waals surface area contributed by atoms with Crippen LogP contribution in [0.25, 0.3) is 0 Å². The van der Waals surface area contributed by atoms with Gasteiger partial charge in [-0.2, -0.15) is 0 Å². The Morgan fingerprint density at radius 2 is 2.00 bits per heavy atom. The lowest BCUT2D eigenvalue weighted by Gasteiger charge is -2.39. The van der Waals surface area contributed by atoms with Crippen LogP contribution in [-0.2, 0) is 4.79 Å². The summed E-state index contributed by atoms with van der Waals surface area (Å²) in [7, 11) is 0. The molecule has 0 aromatic rings. The molecule has 2 unspecified atom stereocenters. The van der Waals surface area contributed by atoms with Crippen LogP contribution in [-0.4, -0.2) is 29.4 Å². The molecule has 0 spiro atoms. The molecule has 1 saturated carbocycles. The molecule has 1 amide bonds. The van der Waals surface area contributed by atoms with Gasteiger partial charge in [-0.25, -0.2) is 0 Å². The maximum atomic E-state index is 12.0. The zero-order chi connectivity index (χ0) is 12.1. The summed E-state index contributed by atoms with van der Waals surface area (Å²) >= 11 is 0. The van der Waals surface area contributed by atoms with E-state index in [0.29, 0.717) is 16.9 Å². The molecular formula is C13H24N2O. The average molecular weight is 224 g/mol. The molecular weight excluding hydrogens is 200 g/mol. The van der Waals surface area contributed by atoms with Gasteiger partial charge in [0.1, 0.15) is 0 Å². The van der Waals surface area contributed by atoms with E-state index in [1.807, 2.05) is 4.90 Å². The summed E-state index contributed by atoms with van der Waals surface area (Å²) in [6.45, 7) is 9.64. The van der Waals surface area contributed by atoms with Crippen LogP contribution in [0.3, 0.4) is 0 Å². The molecule has 2 N–H and O–H groups in total. The van der Waals surface area contributed by atoms with Gasteiger partial charge in [0.2, 0.25) is 5.91 Å². The molecule has 1 saturated heterocycles. The van der Waals surface area contributed by atoms with Crippen molar-refractivity contribution in [1.29, 1.82) is 0 Å². The number of hydrogen-bond acceptors (Lipinski definition) is 2. The van der Waals surface area contributed by atoms with E-state index in [4.69, 9.17) is 5.73 Å². The van der Waals surface area contributed by atoms with Crippen LogP contribution in [0.15, 0.2) is 0 Å². The van der Waals surface area contributed by atoms with Gasteiger partial charge in [0.05, 0.1) is 6.04 Å². The highest BCUT2D eigenvalue weighted by atomic mass is 16.2. The number of fused-ring (bicyclic) bond motifs is 2. The van der Waals surface area contributed by atoms with Gasteiger partial charge in [0.15, 0.2) is 0 Å². The van der Waals surface area contributed by atoms with Gasteiger partial charge in [-0.3, -0.25) is 4.79 Å². The van der Waals surface area contributed by atoms with E-state index in [9.17, 15) is 4.79 Å². The minimum atomic E-state index is -0.355. The summed E-state index contributed by atoms with van der Waals surface area (Å²) in [4.78, 5) is 14.1. The van der Waals surface area contributed by atoms with Crippen molar-refractivity contribution in [1.82, 2.24) is 4.90 Å². The molecule has 0 aromatic heterocycles. The monoisotopic (exact) mass is 224 g/mol. The Kier molecular flexibility index (Phi) is 2.57. The fourth-order valence-electron chi connectivity index (χ4n) is 3.98. The second kappa shape index (κ2) is 3.46. The Hall–Kier alpha value is -0.570. The van der Waals surface area contributed by atoms with Crippen LogP contribution >= 0.6 is 0 Å². The maximum Gasteiger partial charge on any atom is 0.239 e. The summed E-state index contributed by atoms with van der Waals surface area (Å²) < 4.78 is 0. The van der Waals surface area contributed by atoms with E-state index in [2.05, 4.69) is 20.8 Å². The van der Waals surface area contributed by atoms with Gasteiger partial charge >= 0.3 is 0 Å². The van der Waals surface area contributed by atoms with Crippen molar-refractivity contribution in [3.05, 3.63) is 0 Å². The standard InChI is InChI=1S/C13H24N2O/c1-9(14)11(16)15-8-13(4)6-10(15)5-12(2,3)7-13/h9-10H,5-8,14H2,1-4H3/t9-,10?,13?/m0/s1. The highest BCUT2D eigenvalue weighted by Crippen LogP contribution is 2.52. The van der Waals surface area contributed by atoms with Crippen molar-refractivity contribution < 1.29 is 4.79 Å². The Labute approximate surface area is 98.4 Å². The van der Waals surface area contributed by atoms with Gasteiger partial charge in [-0.15, -0.1) is 0 Å². The van der Waals surface area contributed by atoms with Crippen LogP contribution < -0.4 is 5.73 Å². The van der Waals surface area contributed by atoms with Crippen molar-refractivity contribution in [3.63, 3.8) is 0 Å². The van der Waals surface area contributed by atoms with Gasteiger partial charge in [0.25, 0.3) is 0 Å². The maximum absolute atomic E-state index is 12.0. The van der Waals surface area contributed by atoms with Gasteiger partial charge in [-0.05, 0) is 37.0 Å². The Morgan fingerprint density at radius 3 is 2.56 bits per heavy atom. The first-order valence-corrected chi connectivity index (χ1v) is 6.29. The lowest BCUT2D eigenvalue weighted by atomic mass is 9.65. The van der Waals surface area contributed by atoms with Crippen LogP contribution in [0.1, 0.15) is 47.0 Å². The smallest absolute Gasteiger partial charge is 0.239 e. The highest BCUT2D eigenvalue weighted by molar-refractivity contribution is 5.82. The number of nitrogens with zero attached hydrogens (tertiary/aromatic N) is 1. The first-order valence-electron chi connectivity index (χ1n) is 6.29. The summed E-state index contributed by atoms with van der Waals surface area (Å²) in [5.41, 5.74) is 6.40. The number of nitrogens with two attached hydrogens (primary N) is 1. The Bertz CT molecular complexity index is 311. The number of amides is 1. The van der Waals surface area contributed by atoms with Gasteiger partial charge in [0, 0.05) is 12.6 Å². The molecule has 3 nitrogen and oxygen atoms in total. The predicted octanol–water partition coefficient (Wildman–Crippen LogP) is 1.76. The number of rotatable bonds is 1. The molecule has 2 rings (SSSR count). The molecule has 3 atom stereocenters. The molecule has 2 fully saturated rings. The molecule has 0 aromatic carbocycles. The zero-order valence-corrected chi connectivity index (χ0v) is 10.9. The van der Waals surface area contributed by atoms with Crippen molar-refractivity contribution in [2.45, 2.75) is 59.0 Å². The lowest BCUT2D eigenvalue weighted by molar-refractivity contribution is -0.133. The summed E-state index contributed by atoms with van der Waals surface area (Å²) in [5.74, 6) is 0.131. The van der Waals surface area contributed by atoms with Crippen molar-refractivity contribution in [2.24, 2.45) is 16.6 Å². The van der Waals surface area contributed by atoms with E-state index in [0.717, 1.165) is 19.4 Å². The molecule has 0 radical (unpaired) electrons. The van der Waals surface area contributed by atoms with Crippen LogP contribution in [0.5, 0.6) is 0 Å². The summed E-state index contributed by atoms with van der Waals surface area (Å²) in [6.07, 6.45) is 3.51. The molecule has 1 aliphatic carbocycles. The zero-order valence-electron chi connectivity index (χ0n) is 10.9. The van der Waals surface area contributed by atoms with E-state index >= 15 is 0 Å². The quantitative estimate of drug-likeness (QED) is 0.737. The minimum absolute atomic E-state index is 0.131. The van der Waals surface area contributed by atoms with Gasteiger partial charge in [-0.1, -0.05) is 20.8 Å². The van der Waals surface area contributed by atoms with Crippen LogP contribution in [0, 0.1) is 10.8 Å². The molecule has 3 heteroatoms. The number of carbonyl (C=O) groups excluding carboxylic acids is 1. The summed E-state index contributed by atoms with van der Waals surface area (Å²) in [6, 6.07) is 0.0679. The number of carbonyl (C=O) groups is 1. The number of likely N-dealkylation sites (tertiary alicyclic amines) is 1. The third-order valence-electron chi connectivity index (χ3n) is 4.09. The summed E-state index contributed by atoms with van der Waals surface area (Å²) in [5, 5.41) is 0. The van der Waals surface area contributed by atoms with Crippen molar-refractivity contribution in [2.75, 3.05) is 6.54 Å². The minimum Gasteiger partial charge on any atom is -0.338 e. The fourth-order valence-corrected chi connectivity index (χ4v) is 3.98. The van der Waals surface area contributed by atoms with E-state index in [1.54, 1.807) is 6.92 Å². The van der Waals surface area contributed by atoms with Crippen LogP contribution in [0.2, 0.25) is 0 Å². The Balaban J connectivity index is 2.19. The van der Waals surface area contributed by atoms with E-state index < -0.39 is 0 Å². The molecule has 2 aliphatic rings. The largest absolute Gasteiger partial charge is 0.338 e. The Morgan fingerprint density at radius 1 is 1.38 bits per heavy atom. The highest BCUT2D eigenvalue weighted by Gasteiger charge is 2.51. The fraction of sp³-hybridized carbons (Fsp3) is 0.923. The van der Waals surface area contributed by atoms with E-state index in [-0.39, 0.29) is 11.9 Å². The molecule has 1 aliphatic heterocycles. The predicted molar refractivity (Wildman–Crippen MR) is 64.9 cm³/mol. The third-order valence-corrected chi connectivity index (χ3v) is 4.09. The van der Waals surface area contributed by atoms with Gasteiger partial charge < -0.3 is 10.6 Å². The first kappa shape index (κ1) is 11.9. The number of hydrogen-bond donors (Lipinski definition) is 1. The van der Waals surface area contributed by atoms with Crippen molar-refractivity contribution in [3.8, 4) is 0 Å². The third kappa shape index (κ3) is 1.97. The molecule has 2 bridgehead atoms.